The molecule has 1 saturated heterocycles. The smallest absolute Gasteiger partial charge is 0.0590 e. The maximum Gasteiger partial charge on any atom is 0.0590 e. The molecule has 3 nitrogen and oxygen atoms in total. The Morgan fingerprint density at radius 3 is 2.82 bits per heavy atom. The Morgan fingerprint density at radius 1 is 1.55 bits per heavy atom. The van der Waals surface area contributed by atoms with Crippen molar-refractivity contribution in [3.05, 3.63) is 0 Å². The number of aliphatic hydroxyl groups is 2. The molecule has 11 heavy (non-hydrogen) atoms. The topological polar surface area (TPSA) is 43.7 Å². The summed E-state index contributed by atoms with van der Waals surface area (Å²) in [7, 11) is 0. The first-order chi connectivity index (χ1) is 5.24. The first-order valence-electron chi connectivity index (χ1n) is 4.25. The van der Waals surface area contributed by atoms with Crippen LogP contribution in [0.3, 0.4) is 0 Å². The molecule has 0 amide bonds. The minimum atomic E-state index is -0.134. The van der Waals surface area contributed by atoms with E-state index >= 15 is 0 Å². The lowest BCUT2D eigenvalue weighted by Gasteiger charge is -2.33. The number of likely N-dealkylation sites (tertiary alicyclic amines) is 1. The molecule has 2 atom stereocenters. The minimum Gasteiger partial charge on any atom is -0.395 e. The lowest BCUT2D eigenvalue weighted by Crippen LogP contribution is -2.42. The third-order valence-corrected chi connectivity index (χ3v) is 2.36. The highest BCUT2D eigenvalue weighted by Crippen LogP contribution is 2.15. The van der Waals surface area contributed by atoms with Gasteiger partial charge >= 0.3 is 0 Å². The van der Waals surface area contributed by atoms with Crippen LogP contribution in [0.2, 0.25) is 0 Å². The average Bonchev–Trinajstić information content (AvgIpc) is 1.98. The van der Waals surface area contributed by atoms with Crippen molar-refractivity contribution in [1.82, 2.24) is 4.90 Å². The summed E-state index contributed by atoms with van der Waals surface area (Å²) < 4.78 is 0. The van der Waals surface area contributed by atoms with Crippen LogP contribution in [0.5, 0.6) is 0 Å². The summed E-state index contributed by atoms with van der Waals surface area (Å²) in [5.41, 5.74) is 0. The number of hydrogen-bond acceptors (Lipinski definition) is 3. The molecule has 2 N–H and O–H groups in total. The van der Waals surface area contributed by atoms with E-state index in [9.17, 15) is 5.11 Å². The van der Waals surface area contributed by atoms with E-state index in [4.69, 9.17) is 5.11 Å². The summed E-state index contributed by atoms with van der Waals surface area (Å²) in [6.07, 6.45) is 0.714. The molecule has 1 aliphatic heterocycles. The van der Waals surface area contributed by atoms with Crippen molar-refractivity contribution in [1.29, 1.82) is 0 Å². The third-order valence-electron chi connectivity index (χ3n) is 2.36. The van der Waals surface area contributed by atoms with Gasteiger partial charge < -0.3 is 15.1 Å². The third kappa shape index (κ3) is 2.43. The fourth-order valence-corrected chi connectivity index (χ4v) is 1.56. The van der Waals surface area contributed by atoms with Gasteiger partial charge in [-0.1, -0.05) is 6.92 Å². The maximum atomic E-state index is 9.37. The molecule has 1 aliphatic rings. The molecule has 66 valence electrons. The van der Waals surface area contributed by atoms with Crippen molar-refractivity contribution in [2.75, 3.05) is 26.2 Å². The lowest BCUT2D eigenvalue weighted by atomic mass is 9.97. The van der Waals surface area contributed by atoms with Gasteiger partial charge in [0.15, 0.2) is 0 Å². The van der Waals surface area contributed by atoms with Crippen molar-refractivity contribution >= 4 is 0 Å². The van der Waals surface area contributed by atoms with E-state index in [1.165, 1.54) is 0 Å². The van der Waals surface area contributed by atoms with E-state index in [0.29, 0.717) is 5.92 Å². The molecule has 0 aliphatic carbocycles. The van der Waals surface area contributed by atoms with Crippen LogP contribution in [0.25, 0.3) is 0 Å². The normalized spacial score (nSPS) is 34.1. The van der Waals surface area contributed by atoms with E-state index in [2.05, 4.69) is 4.90 Å². The van der Waals surface area contributed by atoms with Crippen molar-refractivity contribution in [2.24, 2.45) is 5.92 Å². The lowest BCUT2D eigenvalue weighted by molar-refractivity contribution is 0.0290. The number of rotatable bonds is 2. The first-order valence-corrected chi connectivity index (χ1v) is 4.25. The highest BCUT2D eigenvalue weighted by molar-refractivity contribution is 4.76. The molecule has 0 aromatic heterocycles. The largest absolute Gasteiger partial charge is 0.395 e. The molecule has 1 heterocycles. The van der Waals surface area contributed by atoms with Crippen LogP contribution in [0.1, 0.15) is 13.3 Å². The van der Waals surface area contributed by atoms with Crippen LogP contribution in [0.4, 0.5) is 0 Å². The van der Waals surface area contributed by atoms with Gasteiger partial charge in [0.1, 0.15) is 0 Å². The predicted octanol–water partition coefficient (Wildman–Crippen LogP) is -0.319. The Hall–Kier alpha value is -0.120. The quantitative estimate of drug-likeness (QED) is 0.580. The van der Waals surface area contributed by atoms with Crippen molar-refractivity contribution in [3.63, 3.8) is 0 Å². The number of aliphatic hydroxyl groups excluding tert-OH is 2. The van der Waals surface area contributed by atoms with Crippen molar-refractivity contribution in [2.45, 2.75) is 19.4 Å². The molecule has 1 rings (SSSR count). The summed E-state index contributed by atoms with van der Waals surface area (Å²) in [5, 5.41) is 18.0. The Labute approximate surface area is 67.6 Å². The monoisotopic (exact) mass is 159 g/mol. The molecule has 0 radical (unpaired) electrons. The summed E-state index contributed by atoms with van der Waals surface area (Å²) in [6.45, 7) is 4.86. The molecule has 1 fully saturated rings. The zero-order valence-corrected chi connectivity index (χ0v) is 7.03. The molecule has 0 spiro atoms. The van der Waals surface area contributed by atoms with Gasteiger partial charge in [0, 0.05) is 19.6 Å². The van der Waals surface area contributed by atoms with E-state index in [1.54, 1.807) is 0 Å². The van der Waals surface area contributed by atoms with Crippen LogP contribution in [0, 0.1) is 5.92 Å². The van der Waals surface area contributed by atoms with Crippen LogP contribution in [-0.2, 0) is 0 Å². The minimum absolute atomic E-state index is 0.134. The van der Waals surface area contributed by atoms with Gasteiger partial charge in [-0.25, -0.2) is 0 Å². The number of piperidine rings is 1. The first kappa shape index (κ1) is 8.97. The van der Waals surface area contributed by atoms with E-state index in [-0.39, 0.29) is 12.7 Å². The number of β-amino-alcohol motifs (C(OH)–C–C–N with tert-alkyl or cyclic N) is 1. The molecular formula is C8H17NO2. The maximum absolute atomic E-state index is 9.37. The second-order valence-corrected chi connectivity index (χ2v) is 3.36. The van der Waals surface area contributed by atoms with Crippen molar-refractivity contribution in [3.8, 4) is 0 Å². The van der Waals surface area contributed by atoms with E-state index in [1.807, 2.05) is 6.92 Å². The number of nitrogens with zero attached hydrogens (tertiary/aromatic N) is 1. The summed E-state index contributed by atoms with van der Waals surface area (Å²) in [6, 6.07) is 0. The Kier molecular flexibility index (Phi) is 3.30. The molecule has 3 heteroatoms. The summed E-state index contributed by atoms with van der Waals surface area (Å²) in [5.74, 6) is 0.357. The van der Waals surface area contributed by atoms with E-state index < -0.39 is 0 Å². The molecule has 2 unspecified atom stereocenters. The predicted molar refractivity (Wildman–Crippen MR) is 43.3 cm³/mol. The SMILES string of the molecule is CC1CN(CCO)CCC1O. The summed E-state index contributed by atoms with van der Waals surface area (Å²) >= 11 is 0. The van der Waals surface area contributed by atoms with E-state index in [0.717, 1.165) is 26.1 Å². The molecule has 0 bridgehead atoms. The average molecular weight is 159 g/mol. The van der Waals surface area contributed by atoms with Crippen LogP contribution >= 0.6 is 0 Å². The second kappa shape index (κ2) is 4.04. The Morgan fingerprint density at radius 2 is 2.27 bits per heavy atom. The Balaban J connectivity index is 2.28. The van der Waals surface area contributed by atoms with Gasteiger partial charge in [0.2, 0.25) is 0 Å². The highest BCUT2D eigenvalue weighted by atomic mass is 16.3. The van der Waals surface area contributed by atoms with Gasteiger partial charge in [-0.15, -0.1) is 0 Å². The van der Waals surface area contributed by atoms with Crippen LogP contribution in [0.15, 0.2) is 0 Å². The Bertz CT molecular complexity index is 119. The van der Waals surface area contributed by atoms with Gasteiger partial charge in [0.25, 0.3) is 0 Å². The molecule has 0 aromatic rings. The highest BCUT2D eigenvalue weighted by Gasteiger charge is 2.23. The molecular weight excluding hydrogens is 142 g/mol. The van der Waals surface area contributed by atoms with Gasteiger partial charge in [0.05, 0.1) is 12.7 Å². The summed E-state index contributed by atoms with van der Waals surface area (Å²) in [4.78, 5) is 2.19. The van der Waals surface area contributed by atoms with Gasteiger partial charge in [-0.3, -0.25) is 0 Å². The molecule has 0 saturated carbocycles. The van der Waals surface area contributed by atoms with Crippen LogP contribution < -0.4 is 0 Å². The molecule has 0 aromatic carbocycles. The van der Waals surface area contributed by atoms with Crippen molar-refractivity contribution < 1.29 is 10.2 Å². The zero-order chi connectivity index (χ0) is 8.27. The second-order valence-electron chi connectivity index (χ2n) is 3.36. The standard InChI is InChI=1S/C8H17NO2/c1-7-6-9(4-5-10)3-2-8(7)11/h7-8,10-11H,2-6H2,1H3. The fraction of sp³-hybridized carbons (Fsp3) is 1.00. The fourth-order valence-electron chi connectivity index (χ4n) is 1.56. The van der Waals surface area contributed by atoms with Gasteiger partial charge in [-0.2, -0.15) is 0 Å². The van der Waals surface area contributed by atoms with Gasteiger partial charge in [-0.05, 0) is 12.3 Å². The number of hydrogen-bond donors (Lipinski definition) is 2. The van der Waals surface area contributed by atoms with Crippen LogP contribution in [-0.4, -0.2) is 47.5 Å². The zero-order valence-electron chi connectivity index (χ0n) is 7.03.